The molecule has 0 radical (unpaired) electrons. The van der Waals surface area contributed by atoms with E-state index in [-0.39, 0.29) is 32.6 Å². The van der Waals surface area contributed by atoms with Gasteiger partial charge in [-0.25, -0.2) is 4.57 Å². The fourth-order valence-corrected chi connectivity index (χ4v) is 8.42. The summed E-state index contributed by atoms with van der Waals surface area (Å²) in [5, 5.41) is 0. The lowest BCUT2D eigenvalue weighted by molar-refractivity contribution is -0.161. The van der Waals surface area contributed by atoms with Crippen molar-refractivity contribution in [3.63, 3.8) is 0 Å². The van der Waals surface area contributed by atoms with Gasteiger partial charge in [0.2, 0.25) is 0 Å². The van der Waals surface area contributed by atoms with Gasteiger partial charge in [0.05, 0.1) is 13.2 Å². The summed E-state index contributed by atoms with van der Waals surface area (Å²) in [4.78, 5) is 35.2. The van der Waals surface area contributed by atoms with Crippen LogP contribution in [0.5, 0.6) is 0 Å². The lowest BCUT2D eigenvalue weighted by Gasteiger charge is -2.19. The first-order valence-corrected chi connectivity index (χ1v) is 31.2. The molecule has 10 heteroatoms. The normalized spacial score (nSPS) is 14.0. The predicted octanol–water partition coefficient (Wildman–Crippen LogP) is 19.0. The van der Waals surface area contributed by atoms with Crippen molar-refractivity contribution < 1.29 is 37.6 Å². The Bertz CT molecular complexity index is 1680. The van der Waals surface area contributed by atoms with Crippen LogP contribution in [0.1, 0.15) is 232 Å². The minimum absolute atomic E-state index is 0.0402. The molecule has 2 unspecified atom stereocenters. The van der Waals surface area contributed by atoms with Crippen LogP contribution in [0.2, 0.25) is 0 Å². The molecule has 0 saturated heterocycles. The van der Waals surface area contributed by atoms with Crippen molar-refractivity contribution in [1.82, 2.24) is 0 Å². The number of nitrogens with two attached hydrogens (primary N) is 1. The van der Waals surface area contributed by atoms with Gasteiger partial charge in [-0.3, -0.25) is 18.6 Å². The SMILES string of the molecule is CC/C=C\C/C=C\C/C=C\C/C=C\C/C=C\C/C=C\C/C=C\C/C=C\C/C=C\CCCCCC(=O)OC(COC(=O)CCCCCCCCCCCCC/C=C\C/C=C\CCCCCCC)COP(=O)(O)OCCN. The summed E-state index contributed by atoms with van der Waals surface area (Å²) in [5.41, 5.74) is 5.38. The number of carbonyl (C=O) groups is 2. The summed E-state index contributed by atoms with van der Waals surface area (Å²) in [6.07, 6.45) is 83.6. The molecular formula is C65H108NO8P. The molecule has 0 heterocycles. The number of allylic oxidation sites excluding steroid dienone is 22. The molecule has 0 fully saturated rings. The number of phosphoric acid groups is 1. The van der Waals surface area contributed by atoms with E-state index in [1.807, 2.05) is 0 Å². The van der Waals surface area contributed by atoms with Crippen molar-refractivity contribution >= 4 is 19.8 Å². The van der Waals surface area contributed by atoms with Crippen LogP contribution < -0.4 is 5.73 Å². The highest BCUT2D eigenvalue weighted by molar-refractivity contribution is 7.47. The third kappa shape index (κ3) is 59.3. The number of carbonyl (C=O) groups excluding carboxylic acids is 2. The summed E-state index contributed by atoms with van der Waals surface area (Å²) in [6, 6.07) is 0. The van der Waals surface area contributed by atoms with E-state index in [9.17, 15) is 19.0 Å². The highest BCUT2D eigenvalue weighted by atomic mass is 31.2. The van der Waals surface area contributed by atoms with E-state index < -0.39 is 32.5 Å². The van der Waals surface area contributed by atoms with Gasteiger partial charge in [-0.1, -0.05) is 237 Å². The molecule has 0 saturated carbocycles. The number of ether oxygens (including phenoxy) is 2. The van der Waals surface area contributed by atoms with Crippen molar-refractivity contribution in [1.29, 1.82) is 0 Å². The van der Waals surface area contributed by atoms with Crippen molar-refractivity contribution in [2.24, 2.45) is 5.73 Å². The monoisotopic (exact) mass is 1060 g/mol. The second-order valence-corrected chi connectivity index (χ2v) is 20.6. The smallest absolute Gasteiger partial charge is 0.462 e. The van der Waals surface area contributed by atoms with E-state index >= 15 is 0 Å². The minimum Gasteiger partial charge on any atom is -0.462 e. The second-order valence-electron chi connectivity index (χ2n) is 19.1. The first kappa shape index (κ1) is 71.2. The third-order valence-electron chi connectivity index (χ3n) is 12.0. The molecule has 0 bridgehead atoms. The molecular weight excluding hydrogens is 954 g/mol. The van der Waals surface area contributed by atoms with E-state index in [4.69, 9.17) is 24.3 Å². The van der Waals surface area contributed by atoms with Crippen LogP contribution in [-0.2, 0) is 32.7 Å². The molecule has 9 nitrogen and oxygen atoms in total. The number of rotatable bonds is 54. The Balaban J connectivity index is 4.11. The van der Waals surface area contributed by atoms with Crippen LogP contribution in [-0.4, -0.2) is 49.3 Å². The molecule has 75 heavy (non-hydrogen) atoms. The molecule has 0 aliphatic rings. The summed E-state index contributed by atoms with van der Waals surface area (Å²) in [5.74, 6) is -0.876. The highest BCUT2D eigenvalue weighted by Gasteiger charge is 2.26. The molecule has 0 aromatic rings. The van der Waals surface area contributed by atoms with Gasteiger partial charge in [0.1, 0.15) is 6.61 Å². The van der Waals surface area contributed by atoms with Crippen LogP contribution in [0.4, 0.5) is 0 Å². The lowest BCUT2D eigenvalue weighted by atomic mass is 10.0. The Morgan fingerprint density at radius 2 is 0.733 bits per heavy atom. The highest BCUT2D eigenvalue weighted by Crippen LogP contribution is 2.43. The van der Waals surface area contributed by atoms with Crippen LogP contribution in [0, 0.1) is 0 Å². The summed E-state index contributed by atoms with van der Waals surface area (Å²) in [7, 11) is -4.41. The van der Waals surface area contributed by atoms with E-state index in [0.29, 0.717) is 6.42 Å². The Hall–Kier alpha value is -3.85. The third-order valence-corrected chi connectivity index (χ3v) is 13.0. The predicted molar refractivity (Wildman–Crippen MR) is 320 cm³/mol. The van der Waals surface area contributed by atoms with E-state index in [0.717, 1.165) is 109 Å². The second kappa shape index (κ2) is 59.4. The maximum absolute atomic E-state index is 12.7. The number of phosphoric ester groups is 1. The van der Waals surface area contributed by atoms with Gasteiger partial charge >= 0.3 is 19.8 Å². The van der Waals surface area contributed by atoms with Crippen LogP contribution in [0.15, 0.2) is 134 Å². The lowest BCUT2D eigenvalue weighted by Crippen LogP contribution is -2.29. The Morgan fingerprint density at radius 1 is 0.413 bits per heavy atom. The minimum atomic E-state index is -4.41. The quantitative estimate of drug-likeness (QED) is 0.0264. The van der Waals surface area contributed by atoms with Crippen molar-refractivity contribution in [2.45, 2.75) is 238 Å². The van der Waals surface area contributed by atoms with Crippen molar-refractivity contribution in [3.8, 4) is 0 Å². The summed E-state index contributed by atoms with van der Waals surface area (Å²) < 4.78 is 33.0. The first-order chi connectivity index (χ1) is 36.8. The first-order valence-electron chi connectivity index (χ1n) is 29.7. The fourth-order valence-electron chi connectivity index (χ4n) is 7.66. The Morgan fingerprint density at radius 3 is 1.11 bits per heavy atom. The summed E-state index contributed by atoms with van der Waals surface area (Å²) in [6.45, 7) is 3.57. The molecule has 0 spiro atoms. The maximum atomic E-state index is 12.7. The number of hydrogen-bond donors (Lipinski definition) is 2. The molecule has 0 aliphatic carbocycles. The van der Waals surface area contributed by atoms with Crippen molar-refractivity contribution in [2.75, 3.05) is 26.4 Å². The Labute approximate surface area is 459 Å². The van der Waals surface area contributed by atoms with Crippen LogP contribution in [0.3, 0.4) is 0 Å². The molecule has 0 aliphatic heterocycles. The van der Waals surface area contributed by atoms with Gasteiger partial charge in [-0.15, -0.1) is 0 Å². The molecule has 0 aromatic heterocycles. The van der Waals surface area contributed by atoms with Gasteiger partial charge in [-0.05, 0) is 116 Å². The number of esters is 2. The van der Waals surface area contributed by atoms with E-state index in [1.54, 1.807) is 0 Å². The molecule has 0 rings (SSSR count). The van der Waals surface area contributed by atoms with Crippen LogP contribution in [0.25, 0.3) is 0 Å². The molecule has 0 amide bonds. The maximum Gasteiger partial charge on any atom is 0.472 e. The van der Waals surface area contributed by atoms with Gasteiger partial charge in [-0.2, -0.15) is 0 Å². The van der Waals surface area contributed by atoms with E-state index in [2.05, 4.69) is 148 Å². The largest absolute Gasteiger partial charge is 0.472 e. The average molecular weight is 1060 g/mol. The van der Waals surface area contributed by atoms with Gasteiger partial charge in [0, 0.05) is 19.4 Å². The Kier molecular flexibility index (Phi) is 56.3. The molecule has 2 atom stereocenters. The zero-order valence-electron chi connectivity index (χ0n) is 47.5. The number of hydrogen-bond acceptors (Lipinski definition) is 8. The molecule has 0 aromatic carbocycles. The number of unbranched alkanes of at least 4 members (excludes halogenated alkanes) is 19. The zero-order valence-corrected chi connectivity index (χ0v) is 48.4. The van der Waals surface area contributed by atoms with Crippen LogP contribution >= 0.6 is 7.82 Å². The van der Waals surface area contributed by atoms with E-state index in [1.165, 1.54) is 89.9 Å². The van der Waals surface area contributed by atoms with Crippen molar-refractivity contribution in [3.05, 3.63) is 134 Å². The van der Waals surface area contributed by atoms with Gasteiger partial charge < -0.3 is 20.1 Å². The molecule has 426 valence electrons. The van der Waals surface area contributed by atoms with Gasteiger partial charge in [0.25, 0.3) is 0 Å². The molecule has 3 N–H and O–H groups in total. The standard InChI is InChI=1S/C65H108NO8P/c1-3-5-7-9-11-13-15-17-19-21-23-25-27-28-29-30-31-32-33-34-36-38-40-42-44-46-48-50-52-54-56-58-65(68)74-63(62-73-75(69,70)72-60-59-66)61-71-64(67)57-55-53-51-49-47-45-43-41-39-37-35-26-24-22-20-18-16-14-12-10-8-6-4-2/h5,7,11,13,16-19,22-25,28-29,31-32,34,36,40,42,46,48,63H,3-4,6,8-10,12,14-15,20-21,26-27,30,33,35,37-39,41,43-45,47,49-62,66H2,1-2H3,(H,69,70)/b7-5-,13-11-,18-16-,19-17-,24-22-,25-23-,29-28-,32-31-,36-34-,42-40-,48-46-. The zero-order chi connectivity index (χ0) is 54.5. The average Bonchev–Trinajstić information content (AvgIpc) is 3.40. The fraction of sp³-hybridized carbons (Fsp3) is 0.631. The summed E-state index contributed by atoms with van der Waals surface area (Å²) >= 11 is 0. The topological polar surface area (TPSA) is 134 Å². The van der Waals surface area contributed by atoms with Gasteiger partial charge in [0.15, 0.2) is 6.10 Å².